The van der Waals surface area contributed by atoms with Crippen LogP contribution in [0.3, 0.4) is 0 Å². The van der Waals surface area contributed by atoms with Gasteiger partial charge in [-0.05, 0) is 24.0 Å². The second kappa shape index (κ2) is 7.05. The van der Waals surface area contributed by atoms with Crippen molar-refractivity contribution in [2.24, 2.45) is 0 Å². The zero-order valence-electron chi connectivity index (χ0n) is 10.0. The molecule has 0 spiro atoms. The lowest BCUT2D eigenvalue weighted by molar-refractivity contribution is 0.224. The Morgan fingerprint density at radius 3 is 1.67 bits per heavy atom. The van der Waals surface area contributed by atoms with E-state index >= 15 is 0 Å². The Balaban J connectivity index is 2.02. The van der Waals surface area contributed by atoms with Gasteiger partial charge in [0.05, 0.1) is 6.10 Å². The lowest BCUT2D eigenvalue weighted by Crippen LogP contribution is -2.15. The summed E-state index contributed by atoms with van der Waals surface area (Å²) >= 11 is 0. The van der Waals surface area contributed by atoms with E-state index in [1.165, 1.54) is 11.1 Å². The zero-order valence-corrected chi connectivity index (χ0v) is 10.9. The summed E-state index contributed by atoms with van der Waals surface area (Å²) in [5.74, 6) is 0. The minimum atomic E-state index is -0.255. The molecular formula is C15H15O2P. The van der Waals surface area contributed by atoms with E-state index in [1.807, 2.05) is 36.4 Å². The molecule has 0 amide bonds. The average molecular weight is 258 g/mol. The third kappa shape index (κ3) is 4.06. The maximum atomic E-state index is 10.7. The summed E-state index contributed by atoms with van der Waals surface area (Å²) < 4.78 is 15.9. The van der Waals surface area contributed by atoms with E-state index in [2.05, 4.69) is 24.3 Å². The van der Waals surface area contributed by atoms with Gasteiger partial charge in [-0.15, -0.1) is 0 Å². The second-order valence-corrected chi connectivity index (χ2v) is 4.54. The highest BCUT2D eigenvalue weighted by Crippen LogP contribution is 2.15. The first-order valence-corrected chi connectivity index (χ1v) is 6.68. The van der Waals surface area contributed by atoms with Crippen LogP contribution in [0.4, 0.5) is 0 Å². The van der Waals surface area contributed by atoms with Gasteiger partial charge in [0, 0.05) is 0 Å². The Kier molecular flexibility index (Phi) is 5.07. The van der Waals surface area contributed by atoms with E-state index in [1.54, 1.807) is 0 Å². The highest BCUT2D eigenvalue weighted by atomic mass is 31.1. The Morgan fingerprint density at radius 2 is 1.28 bits per heavy atom. The predicted molar refractivity (Wildman–Crippen MR) is 72.8 cm³/mol. The minimum Gasteiger partial charge on any atom is -0.290 e. The largest absolute Gasteiger partial charge is 0.327 e. The minimum absolute atomic E-state index is 0.0611. The highest BCUT2D eigenvalue weighted by molar-refractivity contribution is 7.17. The molecule has 0 aliphatic rings. The summed E-state index contributed by atoms with van der Waals surface area (Å²) in [6.07, 6.45) is 1.48. The number of rotatable bonds is 6. The van der Waals surface area contributed by atoms with Gasteiger partial charge >= 0.3 is 8.69 Å². The molecule has 0 aliphatic carbocycles. The molecule has 0 aliphatic heterocycles. The van der Waals surface area contributed by atoms with Crippen molar-refractivity contribution in [1.82, 2.24) is 0 Å². The molecule has 92 valence electrons. The van der Waals surface area contributed by atoms with E-state index in [9.17, 15) is 4.57 Å². The van der Waals surface area contributed by atoms with Gasteiger partial charge in [0.15, 0.2) is 0 Å². The van der Waals surface area contributed by atoms with Crippen LogP contribution in [0.5, 0.6) is 0 Å². The quantitative estimate of drug-likeness (QED) is 0.730. The lowest BCUT2D eigenvalue weighted by Gasteiger charge is -2.13. The van der Waals surface area contributed by atoms with Gasteiger partial charge in [-0.25, -0.2) is 4.57 Å². The maximum absolute atomic E-state index is 10.7. The second-order valence-electron chi connectivity index (χ2n) is 4.18. The van der Waals surface area contributed by atoms with Crippen LogP contribution in [0.15, 0.2) is 60.7 Å². The van der Waals surface area contributed by atoms with Crippen molar-refractivity contribution >= 4 is 8.69 Å². The molecule has 18 heavy (non-hydrogen) atoms. The Bertz CT molecular complexity index is 429. The van der Waals surface area contributed by atoms with Crippen molar-refractivity contribution in [2.75, 3.05) is 0 Å². The van der Waals surface area contributed by atoms with Gasteiger partial charge in [0.1, 0.15) is 0 Å². The third-order valence-electron chi connectivity index (χ3n) is 2.80. The molecule has 0 saturated heterocycles. The van der Waals surface area contributed by atoms with Gasteiger partial charge in [-0.2, -0.15) is 0 Å². The smallest absolute Gasteiger partial charge is 0.290 e. The van der Waals surface area contributed by atoms with Crippen LogP contribution in [0.25, 0.3) is 0 Å². The van der Waals surface area contributed by atoms with Crippen molar-refractivity contribution in [3.05, 3.63) is 71.8 Å². The summed E-state index contributed by atoms with van der Waals surface area (Å²) in [5, 5.41) is 0. The summed E-state index contributed by atoms with van der Waals surface area (Å²) in [5.41, 5.74) is 2.39. The zero-order chi connectivity index (χ0) is 12.6. The first kappa shape index (κ1) is 12.9. The first-order chi connectivity index (χ1) is 8.88. The highest BCUT2D eigenvalue weighted by Gasteiger charge is 2.11. The molecule has 0 aromatic heterocycles. The average Bonchev–Trinajstić information content (AvgIpc) is 2.41. The lowest BCUT2D eigenvalue weighted by atomic mass is 10.0. The van der Waals surface area contributed by atoms with Crippen molar-refractivity contribution in [2.45, 2.75) is 18.9 Å². The Labute approximate surface area is 109 Å². The summed E-state index contributed by atoms with van der Waals surface area (Å²) in [7, 11) is -0.255. The van der Waals surface area contributed by atoms with Crippen molar-refractivity contribution in [3.63, 3.8) is 0 Å². The van der Waals surface area contributed by atoms with E-state index in [0.29, 0.717) is 0 Å². The number of hydrogen-bond donors (Lipinski definition) is 0. The van der Waals surface area contributed by atoms with Gasteiger partial charge in [0.25, 0.3) is 0 Å². The molecule has 0 N–H and O–H groups in total. The topological polar surface area (TPSA) is 26.3 Å². The molecule has 2 aromatic rings. The van der Waals surface area contributed by atoms with Crippen LogP contribution < -0.4 is 0 Å². The number of hydrogen-bond acceptors (Lipinski definition) is 2. The predicted octanol–water partition coefficient (Wildman–Crippen LogP) is 4.06. The summed E-state index contributed by atoms with van der Waals surface area (Å²) in [6.45, 7) is 0. The monoisotopic (exact) mass is 258 g/mol. The third-order valence-corrected chi connectivity index (χ3v) is 3.19. The van der Waals surface area contributed by atoms with Crippen LogP contribution >= 0.6 is 8.69 Å². The standard InChI is InChI=1S/C15H15O2P/c16-18-17-15(11-13-7-3-1-4-8-13)12-14-9-5-2-6-10-14/h1-10,15H,11-12H2. The Hall–Kier alpha value is -1.50. The van der Waals surface area contributed by atoms with Crippen molar-refractivity contribution in [1.29, 1.82) is 0 Å². The molecule has 0 radical (unpaired) electrons. The van der Waals surface area contributed by atoms with Gasteiger partial charge in [-0.3, -0.25) is 4.52 Å². The van der Waals surface area contributed by atoms with Crippen LogP contribution in [0, 0.1) is 0 Å². The van der Waals surface area contributed by atoms with Crippen molar-refractivity contribution in [3.8, 4) is 0 Å². The van der Waals surface area contributed by atoms with Gasteiger partial charge < -0.3 is 0 Å². The van der Waals surface area contributed by atoms with Crippen LogP contribution in [-0.4, -0.2) is 6.10 Å². The molecule has 2 nitrogen and oxygen atoms in total. The van der Waals surface area contributed by atoms with Gasteiger partial charge in [0.2, 0.25) is 0 Å². The van der Waals surface area contributed by atoms with Crippen LogP contribution in [0.1, 0.15) is 11.1 Å². The normalized spacial score (nSPS) is 10.9. The van der Waals surface area contributed by atoms with E-state index in [-0.39, 0.29) is 14.8 Å². The molecule has 0 bridgehead atoms. The molecular weight excluding hydrogens is 243 g/mol. The van der Waals surface area contributed by atoms with E-state index < -0.39 is 0 Å². The molecule has 0 fully saturated rings. The molecule has 0 atom stereocenters. The number of benzene rings is 2. The van der Waals surface area contributed by atoms with Crippen LogP contribution in [0.2, 0.25) is 0 Å². The molecule has 0 heterocycles. The fourth-order valence-electron chi connectivity index (χ4n) is 1.96. The first-order valence-electron chi connectivity index (χ1n) is 5.95. The molecule has 2 rings (SSSR count). The Morgan fingerprint density at radius 1 is 0.833 bits per heavy atom. The van der Waals surface area contributed by atoms with E-state index in [4.69, 9.17) is 4.52 Å². The fraction of sp³-hybridized carbons (Fsp3) is 0.200. The SMILES string of the molecule is O=POC(Cc1ccccc1)Cc1ccccc1. The molecule has 3 heteroatoms. The molecule has 2 aromatic carbocycles. The van der Waals surface area contributed by atoms with Crippen molar-refractivity contribution < 1.29 is 9.09 Å². The summed E-state index contributed by atoms with van der Waals surface area (Å²) in [6, 6.07) is 20.2. The molecule has 0 saturated carbocycles. The molecule has 0 unspecified atom stereocenters. The van der Waals surface area contributed by atoms with Crippen LogP contribution in [-0.2, 0) is 21.9 Å². The summed E-state index contributed by atoms with van der Waals surface area (Å²) in [4.78, 5) is 0. The van der Waals surface area contributed by atoms with E-state index in [0.717, 1.165) is 12.8 Å². The van der Waals surface area contributed by atoms with Gasteiger partial charge in [-0.1, -0.05) is 60.7 Å². The fourth-order valence-corrected chi connectivity index (χ4v) is 2.23. The maximum Gasteiger partial charge on any atom is 0.327 e.